The van der Waals surface area contributed by atoms with Crippen molar-refractivity contribution in [1.29, 1.82) is 0 Å². The quantitative estimate of drug-likeness (QED) is 0.251. The Morgan fingerprint density at radius 2 is 1.83 bits per heavy atom. The first-order chi connectivity index (χ1) is 19.1. The number of carbonyl (C=O) groups is 2. The Labute approximate surface area is 230 Å². The monoisotopic (exact) mass is 589 g/mol. The highest BCUT2D eigenvalue weighted by Gasteiger charge is 2.40. The third kappa shape index (κ3) is 7.34. The van der Waals surface area contributed by atoms with Gasteiger partial charge in [0.2, 0.25) is 11.8 Å². The minimum Gasteiger partial charge on any atom is -0.369 e. The van der Waals surface area contributed by atoms with Crippen LogP contribution in [0.1, 0.15) is 92.4 Å². The van der Waals surface area contributed by atoms with Gasteiger partial charge in [-0.25, -0.2) is 22.7 Å². The van der Waals surface area contributed by atoms with Crippen molar-refractivity contribution in [2.75, 3.05) is 0 Å². The average Bonchev–Trinajstić information content (AvgIpc) is 3.48. The number of imidazole rings is 1. The Kier molecular flexibility index (Phi) is 8.61. The predicted molar refractivity (Wildman–Crippen MR) is 131 cm³/mol. The molecule has 3 aromatic rings. The number of nitrogens with zero attached hydrogens (tertiary/aromatic N) is 5. The van der Waals surface area contributed by atoms with Gasteiger partial charge >= 0.3 is 6.18 Å². The zero-order valence-electron chi connectivity index (χ0n) is 22.1. The van der Waals surface area contributed by atoms with Gasteiger partial charge in [0.25, 0.3) is 5.91 Å². The van der Waals surface area contributed by atoms with E-state index in [1.807, 2.05) is 0 Å². The number of carbonyl (C=O) groups excluding carboxylic acids is 2. The number of rotatable bonds is 9. The lowest BCUT2D eigenvalue weighted by Gasteiger charge is -2.33. The van der Waals surface area contributed by atoms with Gasteiger partial charge in [-0.3, -0.25) is 14.3 Å². The standard InChI is InChI=1S/C25H29F6N7O3/c1-13(2)38-21(16(26)11-33-38)23(41)36-20(14-3-6-24(27,28)7-4-14)17-12-37-18(34-17)9-15(10-32-37)22(40)35-19(39)5-8-25(29,30)31/h9-14,20,22,40H,3-8H2,1-2H3,(H,35,39)(H,36,41)/t20-,22+/m0/s1. The molecule has 224 valence electrons. The molecule has 16 heteroatoms. The molecule has 2 atom stereocenters. The number of hydrogen-bond donors (Lipinski definition) is 3. The molecular weight excluding hydrogens is 560 g/mol. The van der Waals surface area contributed by atoms with Gasteiger partial charge in [-0.1, -0.05) is 0 Å². The molecule has 2 amide bonds. The maximum Gasteiger partial charge on any atom is 0.389 e. The fourth-order valence-corrected chi connectivity index (χ4v) is 4.76. The largest absolute Gasteiger partial charge is 0.389 e. The number of nitrogens with one attached hydrogen (secondary N) is 2. The summed E-state index contributed by atoms with van der Waals surface area (Å²) in [7, 11) is 0. The summed E-state index contributed by atoms with van der Waals surface area (Å²) < 4.78 is 82.0. The molecule has 41 heavy (non-hydrogen) atoms. The van der Waals surface area contributed by atoms with Crippen LogP contribution in [-0.2, 0) is 4.79 Å². The van der Waals surface area contributed by atoms with Crippen molar-refractivity contribution in [3.8, 4) is 0 Å². The number of aromatic nitrogens is 5. The van der Waals surface area contributed by atoms with Crippen LogP contribution in [0, 0.1) is 11.7 Å². The van der Waals surface area contributed by atoms with Gasteiger partial charge in [0.1, 0.15) is 0 Å². The van der Waals surface area contributed by atoms with Crippen LogP contribution in [0.2, 0.25) is 0 Å². The van der Waals surface area contributed by atoms with Gasteiger partial charge in [0.05, 0.1) is 36.7 Å². The summed E-state index contributed by atoms with van der Waals surface area (Å²) in [5, 5.41) is 23.1. The van der Waals surface area contributed by atoms with Crippen LogP contribution in [0.25, 0.3) is 5.65 Å². The number of fused-ring (bicyclic) bond motifs is 1. The lowest BCUT2D eigenvalue weighted by molar-refractivity contribution is -0.145. The van der Waals surface area contributed by atoms with Crippen LogP contribution in [0.5, 0.6) is 0 Å². The Hall–Kier alpha value is -3.69. The predicted octanol–water partition coefficient (Wildman–Crippen LogP) is 4.39. The number of hydrogen-bond acceptors (Lipinski definition) is 6. The molecule has 0 bridgehead atoms. The fourth-order valence-electron chi connectivity index (χ4n) is 4.76. The second kappa shape index (κ2) is 11.7. The van der Waals surface area contributed by atoms with Crippen LogP contribution in [0.4, 0.5) is 26.3 Å². The summed E-state index contributed by atoms with van der Waals surface area (Å²) >= 11 is 0. The second-order valence-corrected chi connectivity index (χ2v) is 10.4. The summed E-state index contributed by atoms with van der Waals surface area (Å²) in [6, 6.07) is 0.0722. The third-order valence-corrected chi connectivity index (χ3v) is 6.90. The van der Waals surface area contributed by atoms with Gasteiger partial charge in [0.15, 0.2) is 23.4 Å². The van der Waals surface area contributed by atoms with Crippen LogP contribution >= 0.6 is 0 Å². The average molecular weight is 590 g/mol. The van der Waals surface area contributed by atoms with Crippen LogP contribution < -0.4 is 10.6 Å². The highest BCUT2D eigenvalue weighted by atomic mass is 19.4. The maximum absolute atomic E-state index is 14.5. The first-order valence-electron chi connectivity index (χ1n) is 12.9. The van der Waals surface area contributed by atoms with E-state index in [9.17, 15) is 41.0 Å². The van der Waals surface area contributed by atoms with Crippen molar-refractivity contribution in [1.82, 2.24) is 35.0 Å². The summed E-state index contributed by atoms with van der Waals surface area (Å²) in [5.74, 6) is -6.00. The van der Waals surface area contributed by atoms with Gasteiger partial charge in [0, 0.05) is 30.9 Å². The summed E-state index contributed by atoms with van der Waals surface area (Å²) in [4.78, 5) is 29.5. The molecule has 1 aliphatic rings. The number of amides is 2. The summed E-state index contributed by atoms with van der Waals surface area (Å²) in [5.41, 5.74) is 0.0772. The lowest BCUT2D eigenvalue weighted by atomic mass is 9.81. The van der Waals surface area contributed by atoms with Crippen LogP contribution in [0.3, 0.4) is 0 Å². The molecule has 3 heterocycles. The molecule has 0 spiro atoms. The number of aliphatic hydroxyl groups is 1. The van der Waals surface area contributed by atoms with Gasteiger partial charge in [-0.2, -0.15) is 23.4 Å². The topological polar surface area (TPSA) is 126 Å². The Bertz CT molecular complexity index is 1390. The SMILES string of the molecule is CC(C)n1ncc(F)c1C(=O)N[C@H](c1cn2ncc([C@@H](O)NC(=O)CCC(F)(F)F)cc2n1)C1CCC(F)(F)CC1. The van der Waals surface area contributed by atoms with Gasteiger partial charge < -0.3 is 15.7 Å². The Morgan fingerprint density at radius 3 is 2.46 bits per heavy atom. The molecular formula is C25H29F6N7O3. The third-order valence-electron chi connectivity index (χ3n) is 6.90. The van der Waals surface area contributed by atoms with Crippen LogP contribution in [-0.4, -0.2) is 53.4 Å². The molecule has 10 nitrogen and oxygen atoms in total. The molecule has 4 rings (SSSR count). The van der Waals surface area contributed by atoms with E-state index < -0.39 is 73.6 Å². The fraction of sp³-hybridized carbons (Fsp3) is 0.560. The minimum absolute atomic E-state index is 0.0239. The van der Waals surface area contributed by atoms with Crippen molar-refractivity contribution in [3.05, 3.63) is 47.4 Å². The van der Waals surface area contributed by atoms with E-state index in [1.54, 1.807) is 13.8 Å². The van der Waals surface area contributed by atoms with E-state index in [0.29, 0.717) is 0 Å². The van der Waals surface area contributed by atoms with E-state index in [2.05, 4.69) is 25.8 Å². The van der Waals surface area contributed by atoms with E-state index >= 15 is 0 Å². The van der Waals surface area contributed by atoms with Crippen LogP contribution in [0.15, 0.2) is 24.7 Å². The van der Waals surface area contributed by atoms with E-state index in [0.717, 1.165) is 6.20 Å². The zero-order valence-corrected chi connectivity index (χ0v) is 22.1. The molecule has 3 N–H and O–H groups in total. The molecule has 0 radical (unpaired) electrons. The molecule has 0 unspecified atom stereocenters. The highest BCUT2D eigenvalue weighted by Crippen LogP contribution is 2.41. The zero-order chi connectivity index (χ0) is 30.1. The van der Waals surface area contributed by atoms with Crippen molar-refractivity contribution in [2.24, 2.45) is 5.92 Å². The molecule has 0 aromatic carbocycles. The van der Waals surface area contributed by atoms with E-state index in [1.165, 1.54) is 27.7 Å². The van der Waals surface area contributed by atoms with Crippen molar-refractivity contribution in [3.63, 3.8) is 0 Å². The number of alkyl halides is 5. The minimum atomic E-state index is -4.53. The maximum atomic E-state index is 14.5. The number of aliphatic hydroxyl groups excluding tert-OH is 1. The van der Waals surface area contributed by atoms with Crippen molar-refractivity contribution in [2.45, 2.75) is 82.8 Å². The number of halogens is 6. The Balaban J connectivity index is 1.59. The molecule has 3 aromatic heterocycles. The first-order valence-corrected chi connectivity index (χ1v) is 12.9. The lowest BCUT2D eigenvalue weighted by Crippen LogP contribution is -2.38. The summed E-state index contributed by atoms with van der Waals surface area (Å²) in [6.07, 6.45) is -5.61. The van der Waals surface area contributed by atoms with E-state index in [4.69, 9.17) is 0 Å². The van der Waals surface area contributed by atoms with Gasteiger partial charge in [-0.05, 0) is 38.7 Å². The Morgan fingerprint density at radius 1 is 1.15 bits per heavy atom. The highest BCUT2D eigenvalue weighted by molar-refractivity contribution is 5.93. The first kappa shape index (κ1) is 30.3. The van der Waals surface area contributed by atoms with Gasteiger partial charge in [-0.15, -0.1) is 0 Å². The molecule has 1 saturated carbocycles. The smallest absolute Gasteiger partial charge is 0.369 e. The molecule has 1 fully saturated rings. The summed E-state index contributed by atoms with van der Waals surface area (Å²) in [6.45, 7) is 3.42. The van der Waals surface area contributed by atoms with Crippen molar-refractivity contribution >= 4 is 17.5 Å². The van der Waals surface area contributed by atoms with E-state index in [-0.39, 0.29) is 41.5 Å². The molecule has 0 saturated heterocycles. The van der Waals surface area contributed by atoms with Crippen molar-refractivity contribution < 1.29 is 41.0 Å². The normalized spacial score (nSPS) is 17.5. The molecule has 1 aliphatic carbocycles. The molecule has 0 aliphatic heterocycles. The second-order valence-electron chi connectivity index (χ2n) is 10.4.